The summed E-state index contributed by atoms with van der Waals surface area (Å²) in [6.45, 7) is 6.29. The number of thiophene rings is 1. The summed E-state index contributed by atoms with van der Waals surface area (Å²) >= 11 is 8.35. The average Bonchev–Trinajstić information content (AvgIpc) is 3.53. The molecule has 4 aromatic carbocycles. The van der Waals surface area contributed by atoms with Gasteiger partial charge >= 0.3 is 11.9 Å². The second-order valence-corrected chi connectivity index (χ2v) is 13.6. The molecule has 3 heterocycles. The summed E-state index contributed by atoms with van der Waals surface area (Å²) in [6, 6.07) is 13.4. The van der Waals surface area contributed by atoms with Gasteiger partial charge in [0.05, 0.1) is 29.7 Å². The van der Waals surface area contributed by atoms with Gasteiger partial charge in [0.15, 0.2) is 0 Å². The minimum atomic E-state index is -3.91. The van der Waals surface area contributed by atoms with Crippen molar-refractivity contribution in [2.45, 2.75) is 19.0 Å². The number of ether oxygens (including phenoxy) is 4. The Morgan fingerprint density at radius 3 is 2.51 bits per heavy atom. The van der Waals surface area contributed by atoms with Crippen LogP contribution < -0.4 is 14.2 Å². The molecule has 0 radical (unpaired) electrons. The summed E-state index contributed by atoms with van der Waals surface area (Å²) in [5, 5.41) is 3.40. The molecule has 1 unspecified atom stereocenters. The molecule has 6 aromatic rings. The fraction of sp³-hybridized carbons (Fsp3) is 0.324. The summed E-state index contributed by atoms with van der Waals surface area (Å²) in [5.41, 5.74) is -0.559. The Morgan fingerprint density at radius 1 is 0.980 bits per heavy atom. The number of benzene rings is 4. The predicted octanol–water partition coefficient (Wildman–Crippen LogP) is 7.68. The van der Waals surface area contributed by atoms with Crippen LogP contribution in [0.3, 0.4) is 0 Å². The van der Waals surface area contributed by atoms with Gasteiger partial charge in [0.25, 0.3) is 6.10 Å². The van der Waals surface area contributed by atoms with E-state index in [9.17, 15) is 9.18 Å². The number of esters is 1. The molecular formula is C37H34ClF3N4O5S. The van der Waals surface area contributed by atoms with Crippen LogP contribution in [0.15, 0.2) is 60.9 Å². The van der Waals surface area contributed by atoms with E-state index >= 15 is 8.78 Å². The zero-order chi connectivity index (χ0) is 35.9. The number of likely N-dealkylation sites (N-methyl/N-ethyl adjacent to an activating group) is 1. The number of halogens is 4. The number of rotatable bonds is 11. The summed E-state index contributed by atoms with van der Waals surface area (Å²) in [6.07, 6.45) is -1.26. The third-order valence-corrected chi connectivity index (χ3v) is 10.6. The fourth-order valence-corrected chi connectivity index (χ4v) is 8.03. The Labute approximate surface area is 300 Å². The van der Waals surface area contributed by atoms with Gasteiger partial charge in [-0.2, -0.15) is 8.78 Å². The highest BCUT2D eigenvalue weighted by Gasteiger charge is 2.51. The molecule has 51 heavy (non-hydrogen) atoms. The molecule has 7 rings (SSSR count). The number of para-hydroxylation sites is 1. The van der Waals surface area contributed by atoms with E-state index in [4.69, 9.17) is 30.5 Å². The number of methoxy groups -OCH3 is 1. The molecule has 1 atom stereocenters. The average molecular weight is 739 g/mol. The molecule has 2 aromatic heterocycles. The molecule has 0 aliphatic carbocycles. The first-order valence-corrected chi connectivity index (χ1v) is 17.6. The third-order valence-electron chi connectivity index (χ3n) is 9.11. The van der Waals surface area contributed by atoms with Gasteiger partial charge in [-0.15, -0.1) is 11.3 Å². The Balaban J connectivity index is 1.37. The van der Waals surface area contributed by atoms with E-state index in [1.807, 2.05) is 0 Å². The largest absolute Gasteiger partial charge is 0.496 e. The highest BCUT2D eigenvalue weighted by atomic mass is 35.5. The number of alkyl halides is 2. The number of fused-ring (bicyclic) bond motifs is 8. The minimum Gasteiger partial charge on any atom is -0.496 e. The molecule has 1 aliphatic rings. The van der Waals surface area contributed by atoms with Crippen molar-refractivity contribution in [3.63, 3.8) is 0 Å². The Hall–Kier alpha value is -4.43. The lowest BCUT2D eigenvalue weighted by atomic mass is 9.97. The van der Waals surface area contributed by atoms with Crippen LogP contribution in [0, 0.1) is 5.82 Å². The molecule has 0 bridgehead atoms. The van der Waals surface area contributed by atoms with E-state index in [-0.39, 0.29) is 23.3 Å². The molecule has 14 heteroatoms. The fourth-order valence-electron chi connectivity index (χ4n) is 6.52. The van der Waals surface area contributed by atoms with Crippen LogP contribution in [0.5, 0.6) is 17.4 Å². The van der Waals surface area contributed by atoms with Crippen LogP contribution >= 0.6 is 22.9 Å². The van der Waals surface area contributed by atoms with Gasteiger partial charge in [0, 0.05) is 53.6 Å². The van der Waals surface area contributed by atoms with Crippen LogP contribution in [-0.4, -0.2) is 91.9 Å². The minimum absolute atomic E-state index is 0.130. The highest BCUT2D eigenvalue weighted by Crippen LogP contribution is 2.49. The number of hydrogen-bond donors (Lipinski definition) is 0. The molecule has 1 aliphatic heterocycles. The predicted molar refractivity (Wildman–Crippen MR) is 192 cm³/mol. The summed E-state index contributed by atoms with van der Waals surface area (Å²) < 4.78 is 70.7. The van der Waals surface area contributed by atoms with Crippen LogP contribution in [0.2, 0.25) is 5.02 Å². The topological polar surface area (TPSA) is 86.2 Å². The van der Waals surface area contributed by atoms with Crippen molar-refractivity contribution in [3.8, 4) is 17.4 Å². The third kappa shape index (κ3) is 6.48. The van der Waals surface area contributed by atoms with E-state index in [0.29, 0.717) is 60.7 Å². The normalized spacial score (nSPS) is 15.1. The maximum atomic E-state index is 16.4. The van der Waals surface area contributed by atoms with Crippen molar-refractivity contribution in [2.75, 3.05) is 60.1 Å². The lowest BCUT2D eigenvalue weighted by Gasteiger charge is -2.32. The van der Waals surface area contributed by atoms with Crippen molar-refractivity contribution in [3.05, 3.63) is 77.3 Å². The van der Waals surface area contributed by atoms with Crippen molar-refractivity contribution < 1.29 is 36.9 Å². The second-order valence-electron chi connectivity index (χ2n) is 12.2. The molecular weight excluding hydrogens is 705 g/mol. The van der Waals surface area contributed by atoms with Crippen molar-refractivity contribution >= 4 is 70.8 Å². The SMILES string of the molecule is CCOC(=O)C(Oc1ncnc2sc3c4ccc(F)cc4c4c(Cl)c(OCCN5CCN(C)CC5)ccc4c3c12)C(F)(F)c1ccccc1OC. The lowest BCUT2D eigenvalue weighted by molar-refractivity contribution is -0.174. The standard InChI is InChI=1S/C37H34ClF3N4O5S/c1-4-48-36(46)33(37(40,41)25-7-5-6-8-26(25)47-3)50-34-30-29-23-11-12-27(49-18-17-45-15-13-44(2)14-16-45)31(38)28(23)24-19-21(39)9-10-22(24)32(29)51-35(30)43-20-42-34/h5-12,19-20,33H,4,13-18H2,1-3H3. The van der Waals surface area contributed by atoms with Gasteiger partial charge in [-0.3, -0.25) is 4.90 Å². The van der Waals surface area contributed by atoms with Gasteiger partial charge in [0.2, 0.25) is 5.88 Å². The number of carbonyl (C=O) groups is 1. The quantitative estimate of drug-likeness (QED) is 0.0982. The molecule has 1 fully saturated rings. The Kier molecular flexibility index (Phi) is 9.81. The van der Waals surface area contributed by atoms with Gasteiger partial charge in [0.1, 0.15) is 35.1 Å². The summed E-state index contributed by atoms with van der Waals surface area (Å²) in [4.78, 5) is 26.9. The number of aromatic nitrogens is 2. The van der Waals surface area contributed by atoms with Crippen LogP contribution in [-0.2, 0) is 15.5 Å². The number of carbonyl (C=O) groups excluding carboxylic acids is 1. The zero-order valence-electron chi connectivity index (χ0n) is 28.1. The van der Waals surface area contributed by atoms with Gasteiger partial charge in [-0.05, 0) is 61.1 Å². The highest BCUT2D eigenvalue weighted by molar-refractivity contribution is 7.26. The van der Waals surface area contributed by atoms with E-state index in [1.165, 1.54) is 56.0 Å². The Morgan fingerprint density at radius 2 is 1.75 bits per heavy atom. The van der Waals surface area contributed by atoms with Crippen molar-refractivity contribution in [2.24, 2.45) is 0 Å². The van der Waals surface area contributed by atoms with Gasteiger partial charge in [-0.25, -0.2) is 19.2 Å². The summed E-state index contributed by atoms with van der Waals surface area (Å²) in [7, 11) is 3.36. The molecule has 9 nitrogen and oxygen atoms in total. The molecule has 0 saturated carbocycles. The second kappa shape index (κ2) is 14.3. The van der Waals surface area contributed by atoms with Crippen LogP contribution in [0.4, 0.5) is 13.2 Å². The zero-order valence-corrected chi connectivity index (χ0v) is 29.6. The first kappa shape index (κ1) is 35.0. The lowest BCUT2D eigenvalue weighted by Crippen LogP contribution is -2.45. The van der Waals surface area contributed by atoms with E-state index in [1.54, 1.807) is 24.3 Å². The first-order valence-electron chi connectivity index (χ1n) is 16.4. The van der Waals surface area contributed by atoms with Crippen LogP contribution in [0.25, 0.3) is 41.8 Å². The molecule has 0 N–H and O–H groups in total. The first-order chi connectivity index (χ1) is 24.6. The maximum absolute atomic E-state index is 16.4. The van der Waals surface area contributed by atoms with E-state index < -0.39 is 29.4 Å². The molecule has 0 spiro atoms. The number of nitrogens with zero attached hydrogens (tertiary/aromatic N) is 4. The maximum Gasteiger partial charge on any atom is 0.354 e. The monoisotopic (exact) mass is 738 g/mol. The van der Waals surface area contributed by atoms with E-state index in [2.05, 4.69) is 26.8 Å². The van der Waals surface area contributed by atoms with E-state index in [0.717, 1.165) is 32.2 Å². The number of hydrogen-bond acceptors (Lipinski definition) is 10. The summed E-state index contributed by atoms with van der Waals surface area (Å²) in [5.74, 6) is -5.61. The van der Waals surface area contributed by atoms with Gasteiger partial charge < -0.3 is 23.8 Å². The van der Waals surface area contributed by atoms with Crippen molar-refractivity contribution in [1.82, 2.24) is 19.8 Å². The smallest absolute Gasteiger partial charge is 0.354 e. The molecule has 0 amide bonds. The van der Waals surface area contributed by atoms with Crippen molar-refractivity contribution in [1.29, 1.82) is 0 Å². The molecule has 1 saturated heterocycles. The number of piperazine rings is 1. The Bertz CT molecular complexity index is 2260. The molecule has 266 valence electrons. The van der Waals surface area contributed by atoms with Gasteiger partial charge in [-0.1, -0.05) is 29.8 Å². The van der Waals surface area contributed by atoms with Crippen LogP contribution in [0.1, 0.15) is 12.5 Å².